The molecule has 122 valence electrons. The predicted octanol–water partition coefficient (Wildman–Crippen LogP) is 5.03. The van der Waals surface area contributed by atoms with Gasteiger partial charge in [-0.3, -0.25) is 0 Å². The lowest BCUT2D eigenvalue weighted by molar-refractivity contribution is 0.168. The van der Waals surface area contributed by atoms with Crippen LogP contribution in [0, 0.1) is 23.7 Å². The summed E-state index contributed by atoms with van der Waals surface area (Å²) >= 11 is 0. The van der Waals surface area contributed by atoms with E-state index < -0.39 is 0 Å². The molecule has 1 aliphatic carbocycles. The summed E-state index contributed by atoms with van der Waals surface area (Å²) in [4.78, 5) is 0. The van der Waals surface area contributed by atoms with E-state index in [1.165, 1.54) is 36.0 Å². The van der Waals surface area contributed by atoms with E-state index in [9.17, 15) is 0 Å². The van der Waals surface area contributed by atoms with Gasteiger partial charge in [-0.2, -0.15) is 0 Å². The zero-order chi connectivity index (χ0) is 16.1. The number of aliphatic hydroxyl groups excluding tert-OH is 1. The Morgan fingerprint density at radius 3 is 2.41 bits per heavy atom. The molecule has 3 unspecified atom stereocenters. The Morgan fingerprint density at radius 2 is 1.82 bits per heavy atom. The highest BCUT2D eigenvalue weighted by molar-refractivity contribution is 5.27. The number of rotatable bonds is 6. The molecule has 0 spiro atoms. The minimum atomic E-state index is 0.224. The van der Waals surface area contributed by atoms with Crippen molar-refractivity contribution in [2.75, 3.05) is 6.61 Å². The lowest BCUT2D eigenvalue weighted by atomic mass is 9.67. The van der Waals surface area contributed by atoms with E-state index >= 15 is 0 Å². The summed E-state index contributed by atoms with van der Waals surface area (Å²) in [5, 5.41) is 9.00. The van der Waals surface area contributed by atoms with Crippen LogP contribution in [0.25, 0.3) is 0 Å². The molecule has 1 nitrogen and oxygen atoms in total. The van der Waals surface area contributed by atoms with Crippen molar-refractivity contribution in [3.63, 3.8) is 0 Å². The number of allylic oxidation sites excluding steroid dienone is 1. The predicted molar refractivity (Wildman–Crippen MR) is 94.9 cm³/mol. The van der Waals surface area contributed by atoms with Crippen LogP contribution in [-0.4, -0.2) is 11.7 Å². The van der Waals surface area contributed by atoms with E-state index in [-0.39, 0.29) is 6.61 Å². The fraction of sp³-hybridized carbons (Fsp3) is 0.619. The van der Waals surface area contributed by atoms with Crippen LogP contribution >= 0.6 is 0 Å². The fourth-order valence-electron chi connectivity index (χ4n) is 4.02. The molecule has 2 rings (SSSR count). The number of aliphatic hydroxyl groups is 1. The zero-order valence-corrected chi connectivity index (χ0v) is 14.5. The standard InChI is InChI=1S/C21H32O/c1-15(2)20-10-5-16(3)13-21(20)17(4)14-19-8-6-18(7-9-19)11-12-22/h6-9,15-16,20-22H,4-5,10-14H2,1-3H3. The first-order valence-corrected chi connectivity index (χ1v) is 8.87. The van der Waals surface area contributed by atoms with Crippen molar-refractivity contribution < 1.29 is 5.11 Å². The highest BCUT2D eigenvalue weighted by atomic mass is 16.2. The van der Waals surface area contributed by atoms with E-state index in [0.29, 0.717) is 5.92 Å². The first kappa shape index (κ1) is 17.3. The van der Waals surface area contributed by atoms with Crippen molar-refractivity contribution in [2.45, 2.75) is 52.9 Å². The van der Waals surface area contributed by atoms with Crippen LogP contribution in [0.2, 0.25) is 0 Å². The van der Waals surface area contributed by atoms with Crippen LogP contribution < -0.4 is 0 Å². The van der Waals surface area contributed by atoms with Crippen LogP contribution in [0.1, 0.15) is 51.2 Å². The van der Waals surface area contributed by atoms with Gasteiger partial charge in [-0.05, 0) is 60.5 Å². The molecule has 22 heavy (non-hydrogen) atoms. The Labute approximate surface area is 136 Å². The maximum atomic E-state index is 9.00. The van der Waals surface area contributed by atoms with Gasteiger partial charge in [-0.1, -0.05) is 63.6 Å². The summed E-state index contributed by atoms with van der Waals surface area (Å²) in [6.07, 6.45) is 5.79. The van der Waals surface area contributed by atoms with E-state index in [4.69, 9.17) is 5.11 Å². The van der Waals surface area contributed by atoms with Crippen LogP contribution in [0.5, 0.6) is 0 Å². The molecular formula is C21H32O. The molecule has 0 bridgehead atoms. The monoisotopic (exact) mass is 300 g/mol. The molecule has 1 aliphatic rings. The Balaban J connectivity index is 2.02. The Morgan fingerprint density at radius 1 is 1.18 bits per heavy atom. The minimum Gasteiger partial charge on any atom is -0.396 e. The van der Waals surface area contributed by atoms with E-state index in [0.717, 1.165) is 30.6 Å². The van der Waals surface area contributed by atoms with Crippen molar-refractivity contribution in [3.8, 4) is 0 Å². The fourth-order valence-corrected chi connectivity index (χ4v) is 4.02. The maximum absolute atomic E-state index is 9.00. The third-order valence-electron chi connectivity index (χ3n) is 5.40. The zero-order valence-electron chi connectivity index (χ0n) is 14.5. The SMILES string of the molecule is C=C(Cc1ccc(CCO)cc1)C1CC(C)CCC1C(C)C. The van der Waals surface area contributed by atoms with E-state index in [1.54, 1.807) is 0 Å². The molecule has 1 saturated carbocycles. The molecule has 0 amide bonds. The topological polar surface area (TPSA) is 20.2 Å². The maximum Gasteiger partial charge on any atom is 0.0471 e. The van der Waals surface area contributed by atoms with Gasteiger partial charge in [-0.25, -0.2) is 0 Å². The third-order valence-corrected chi connectivity index (χ3v) is 5.40. The second-order valence-electron chi connectivity index (χ2n) is 7.56. The molecular weight excluding hydrogens is 268 g/mol. The Hall–Kier alpha value is -1.08. The van der Waals surface area contributed by atoms with Gasteiger partial charge in [0, 0.05) is 6.61 Å². The summed E-state index contributed by atoms with van der Waals surface area (Å²) < 4.78 is 0. The first-order valence-electron chi connectivity index (χ1n) is 8.87. The van der Waals surface area contributed by atoms with E-state index in [1.807, 2.05) is 0 Å². The summed E-state index contributed by atoms with van der Waals surface area (Å²) in [5.74, 6) is 3.07. The molecule has 1 N–H and O–H groups in total. The Bertz CT molecular complexity index is 471. The van der Waals surface area contributed by atoms with Gasteiger partial charge >= 0.3 is 0 Å². The second kappa shape index (κ2) is 7.97. The third kappa shape index (κ3) is 4.46. The van der Waals surface area contributed by atoms with Gasteiger partial charge in [0.2, 0.25) is 0 Å². The molecule has 0 saturated heterocycles. The quantitative estimate of drug-likeness (QED) is 0.731. The van der Waals surface area contributed by atoms with Crippen LogP contribution in [0.3, 0.4) is 0 Å². The minimum absolute atomic E-state index is 0.224. The highest BCUT2D eigenvalue weighted by Gasteiger charge is 2.32. The summed E-state index contributed by atoms with van der Waals surface area (Å²) in [6, 6.07) is 8.68. The van der Waals surface area contributed by atoms with Gasteiger partial charge < -0.3 is 5.11 Å². The van der Waals surface area contributed by atoms with Crippen LogP contribution in [-0.2, 0) is 12.8 Å². The highest BCUT2D eigenvalue weighted by Crippen LogP contribution is 2.42. The second-order valence-corrected chi connectivity index (χ2v) is 7.56. The normalized spacial score (nSPS) is 25.4. The van der Waals surface area contributed by atoms with E-state index in [2.05, 4.69) is 51.6 Å². The van der Waals surface area contributed by atoms with Crippen molar-refractivity contribution in [2.24, 2.45) is 23.7 Å². The molecule has 0 aromatic heterocycles. The lowest BCUT2D eigenvalue weighted by Gasteiger charge is -2.38. The van der Waals surface area contributed by atoms with Gasteiger partial charge in [0.15, 0.2) is 0 Å². The molecule has 3 atom stereocenters. The number of benzene rings is 1. The van der Waals surface area contributed by atoms with Gasteiger partial charge in [-0.15, -0.1) is 0 Å². The van der Waals surface area contributed by atoms with Crippen molar-refractivity contribution in [1.82, 2.24) is 0 Å². The Kier molecular flexibility index (Phi) is 6.26. The molecule has 0 heterocycles. The summed E-state index contributed by atoms with van der Waals surface area (Å²) in [6.45, 7) is 11.8. The van der Waals surface area contributed by atoms with Gasteiger partial charge in [0.1, 0.15) is 0 Å². The van der Waals surface area contributed by atoms with Gasteiger partial charge in [0.05, 0.1) is 0 Å². The molecule has 0 aliphatic heterocycles. The number of hydrogen-bond acceptors (Lipinski definition) is 1. The number of hydrogen-bond donors (Lipinski definition) is 1. The summed E-state index contributed by atoms with van der Waals surface area (Å²) in [5.41, 5.74) is 3.98. The summed E-state index contributed by atoms with van der Waals surface area (Å²) in [7, 11) is 0. The molecule has 0 radical (unpaired) electrons. The molecule has 1 aromatic carbocycles. The average Bonchev–Trinajstić information content (AvgIpc) is 2.49. The van der Waals surface area contributed by atoms with Crippen LogP contribution in [0.15, 0.2) is 36.4 Å². The lowest BCUT2D eigenvalue weighted by Crippen LogP contribution is -2.29. The largest absolute Gasteiger partial charge is 0.396 e. The van der Waals surface area contributed by atoms with Crippen molar-refractivity contribution in [1.29, 1.82) is 0 Å². The average molecular weight is 300 g/mol. The van der Waals surface area contributed by atoms with Crippen molar-refractivity contribution in [3.05, 3.63) is 47.5 Å². The first-order chi connectivity index (χ1) is 10.5. The molecule has 1 heteroatoms. The van der Waals surface area contributed by atoms with Crippen molar-refractivity contribution >= 4 is 0 Å². The smallest absolute Gasteiger partial charge is 0.0471 e. The molecule has 1 aromatic rings. The van der Waals surface area contributed by atoms with Gasteiger partial charge in [0.25, 0.3) is 0 Å². The van der Waals surface area contributed by atoms with Crippen LogP contribution in [0.4, 0.5) is 0 Å². The molecule has 1 fully saturated rings.